The van der Waals surface area contributed by atoms with E-state index in [1.165, 1.54) is 19.3 Å². The van der Waals surface area contributed by atoms with Crippen molar-refractivity contribution in [2.75, 3.05) is 24.4 Å². The monoisotopic (exact) mass is 237 g/mol. The Bertz CT molecular complexity index is 367. The summed E-state index contributed by atoms with van der Waals surface area (Å²) in [6.45, 7) is 1.32. The molecule has 1 aliphatic carbocycles. The number of nitrogens with zero attached hydrogens (tertiary/aromatic N) is 2. The highest BCUT2D eigenvalue weighted by Gasteiger charge is 2.20. The van der Waals surface area contributed by atoms with Crippen LogP contribution in [0.4, 0.5) is 11.6 Å². The summed E-state index contributed by atoms with van der Waals surface area (Å²) >= 11 is 0. The van der Waals surface area contributed by atoms with Gasteiger partial charge in [-0.05, 0) is 12.3 Å². The predicted molar refractivity (Wildman–Crippen MR) is 66.4 cm³/mol. The minimum atomic E-state index is 0.382. The van der Waals surface area contributed by atoms with E-state index in [4.69, 9.17) is 10.6 Å². The van der Waals surface area contributed by atoms with E-state index in [0.717, 1.165) is 18.3 Å². The number of rotatable bonds is 7. The molecule has 0 aliphatic heterocycles. The Balaban J connectivity index is 1.94. The topological polar surface area (TPSA) is 85.1 Å². The molecule has 0 amide bonds. The lowest BCUT2D eigenvalue weighted by Crippen LogP contribution is -2.13. The van der Waals surface area contributed by atoms with Crippen LogP contribution in [0.3, 0.4) is 0 Å². The molecular weight excluding hydrogens is 218 g/mol. The van der Waals surface area contributed by atoms with E-state index in [9.17, 15) is 0 Å². The zero-order valence-corrected chi connectivity index (χ0v) is 10.1. The molecule has 17 heavy (non-hydrogen) atoms. The second-order valence-corrected chi connectivity index (χ2v) is 4.29. The van der Waals surface area contributed by atoms with E-state index < -0.39 is 0 Å². The molecule has 0 bridgehead atoms. The molecule has 1 aromatic heterocycles. The molecule has 94 valence electrons. The first kappa shape index (κ1) is 12.1. The molecule has 0 saturated heterocycles. The third-order valence-electron chi connectivity index (χ3n) is 2.75. The second-order valence-electron chi connectivity index (χ2n) is 4.29. The molecule has 6 heteroatoms. The molecule has 0 unspecified atom stereocenters. The van der Waals surface area contributed by atoms with Gasteiger partial charge in [-0.25, -0.2) is 15.8 Å². The molecule has 4 N–H and O–H groups in total. The Hall–Kier alpha value is -1.40. The van der Waals surface area contributed by atoms with Crippen LogP contribution >= 0.6 is 0 Å². The lowest BCUT2D eigenvalue weighted by Gasteiger charge is -2.09. The normalized spacial score (nSPS) is 14.7. The maximum absolute atomic E-state index is 5.36. The summed E-state index contributed by atoms with van der Waals surface area (Å²) in [7, 11) is 1.62. The van der Waals surface area contributed by atoms with Crippen molar-refractivity contribution in [3.8, 4) is 0 Å². The molecule has 1 saturated carbocycles. The number of ether oxygens (including phenoxy) is 1. The van der Waals surface area contributed by atoms with Crippen LogP contribution in [0.15, 0.2) is 6.07 Å². The van der Waals surface area contributed by atoms with Gasteiger partial charge in [-0.15, -0.1) is 0 Å². The highest BCUT2D eigenvalue weighted by Crippen LogP contribution is 2.32. The molecule has 0 radical (unpaired) electrons. The zero-order chi connectivity index (χ0) is 12.1. The van der Waals surface area contributed by atoms with Crippen molar-refractivity contribution >= 4 is 11.6 Å². The highest BCUT2D eigenvalue weighted by atomic mass is 16.5. The fourth-order valence-electron chi connectivity index (χ4n) is 1.67. The average Bonchev–Trinajstić information content (AvgIpc) is 3.13. The van der Waals surface area contributed by atoms with Gasteiger partial charge in [0.2, 0.25) is 0 Å². The smallest absolute Gasteiger partial charge is 0.158 e. The van der Waals surface area contributed by atoms with Crippen molar-refractivity contribution in [2.45, 2.75) is 25.9 Å². The van der Waals surface area contributed by atoms with Crippen LogP contribution in [0.2, 0.25) is 0 Å². The Morgan fingerprint density at radius 2 is 2.18 bits per heavy atom. The number of nitrogens with one attached hydrogen (secondary N) is 2. The quantitative estimate of drug-likeness (QED) is 0.487. The molecule has 2 rings (SSSR count). The van der Waals surface area contributed by atoms with Crippen LogP contribution < -0.4 is 16.6 Å². The summed E-state index contributed by atoms with van der Waals surface area (Å²) < 4.78 is 5.01. The SMILES string of the molecule is COCc1nc(NN)cc(NCCC2CC2)n1. The number of hydrogen-bond donors (Lipinski definition) is 3. The van der Waals surface area contributed by atoms with Gasteiger partial charge in [0.05, 0.1) is 0 Å². The van der Waals surface area contributed by atoms with Gasteiger partial charge >= 0.3 is 0 Å². The van der Waals surface area contributed by atoms with Gasteiger partial charge in [0.1, 0.15) is 18.2 Å². The third-order valence-corrected chi connectivity index (χ3v) is 2.75. The molecule has 1 aromatic rings. The minimum absolute atomic E-state index is 0.382. The van der Waals surface area contributed by atoms with Crippen LogP contribution in [0.25, 0.3) is 0 Å². The number of anilines is 2. The summed E-state index contributed by atoms with van der Waals surface area (Å²) in [6, 6.07) is 1.80. The standard InChI is InChI=1S/C11H19N5O/c1-17-7-11-14-9(6-10(15-11)16-12)13-5-4-8-2-3-8/h6,8H,2-5,7,12H2,1H3,(H2,13,14,15,16). The van der Waals surface area contributed by atoms with E-state index in [2.05, 4.69) is 20.7 Å². The molecule has 1 heterocycles. The van der Waals surface area contributed by atoms with Crippen molar-refractivity contribution in [3.63, 3.8) is 0 Å². The molecule has 0 atom stereocenters. The van der Waals surface area contributed by atoms with Gasteiger partial charge in [0.25, 0.3) is 0 Å². The predicted octanol–water partition coefficient (Wildman–Crippen LogP) is 1.12. The van der Waals surface area contributed by atoms with Gasteiger partial charge in [0, 0.05) is 19.7 Å². The van der Waals surface area contributed by atoms with E-state index >= 15 is 0 Å². The number of nitrogen functional groups attached to an aromatic ring is 1. The molecule has 1 fully saturated rings. The first-order valence-corrected chi connectivity index (χ1v) is 5.89. The van der Waals surface area contributed by atoms with E-state index in [1.807, 2.05) is 0 Å². The molecular formula is C11H19N5O. The lowest BCUT2D eigenvalue weighted by atomic mass is 10.3. The van der Waals surface area contributed by atoms with Gasteiger partial charge in [-0.1, -0.05) is 12.8 Å². The zero-order valence-electron chi connectivity index (χ0n) is 10.1. The molecule has 0 spiro atoms. The number of nitrogens with two attached hydrogens (primary N) is 1. The summed E-state index contributed by atoms with van der Waals surface area (Å²) in [6.07, 6.45) is 3.95. The fourth-order valence-corrected chi connectivity index (χ4v) is 1.67. The number of methoxy groups -OCH3 is 1. The van der Waals surface area contributed by atoms with Crippen molar-refractivity contribution in [1.82, 2.24) is 9.97 Å². The van der Waals surface area contributed by atoms with Crippen LogP contribution in [0, 0.1) is 5.92 Å². The van der Waals surface area contributed by atoms with E-state index in [1.54, 1.807) is 13.2 Å². The van der Waals surface area contributed by atoms with Gasteiger partial charge in [-0.3, -0.25) is 0 Å². The Morgan fingerprint density at radius 1 is 1.41 bits per heavy atom. The summed E-state index contributed by atoms with van der Waals surface area (Å²) in [5.41, 5.74) is 2.53. The number of hydrazine groups is 1. The van der Waals surface area contributed by atoms with Crippen molar-refractivity contribution in [1.29, 1.82) is 0 Å². The second kappa shape index (κ2) is 5.79. The summed E-state index contributed by atoms with van der Waals surface area (Å²) in [5.74, 6) is 8.29. The maximum atomic E-state index is 5.36. The van der Waals surface area contributed by atoms with Crippen LogP contribution in [0.5, 0.6) is 0 Å². The van der Waals surface area contributed by atoms with Crippen LogP contribution in [0.1, 0.15) is 25.1 Å². The van der Waals surface area contributed by atoms with Crippen molar-refractivity contribution in [2.24, 2.45) is 11.8 Å². The molecule has 6 nitrogen and oxygen atoms in total. The third kappa shape index (κ3) is 3.83. The average molecular weight is 237 g/mol. The van der Waals surface area contributed by atoms with Crippen molar-refractivity contribution in [3.05, 3.63) is 11.9 Å². The summed E-state index contributed by atoms with van der Waals surface area (Å²) in [5, 5.41) is 3.29. The van der Waals surface area contributed by atoms with E-state index in [-0.39, 0.29) is 0 Å². The highest BCUT2D eigenvalue weighted by molar-refractivity contribution is 5.46. The largest absolute Gasteiger partial charge is 0.377 e. The Kier molecular flexibility index (Phi) is 4.11. The van der Waals surface area contributed by atoms with Gasteiger partial charge < -0.3 is 15.5 Å². The van der Waals surface area contributed by atoms with Crippen LogP contribution in [-0.2, 0) is 11.3 Å². The minimum Gasteiger partial charge on any atom is -0.377 e. The first-order chi connectivity index (χ1) is 8.31. The van der Waals surface area contributed by atoms with Crippen molar-refractivity contribution < 1.29 is 4.74 Å². The van der Waals surface area contributed by atoms with Crippen LogP contribution in [-0.4, -0.2) is 23.6 Å². The number of aromatic nitrogens is 2. The van der Waals surface area contributed by atoms with Gasteiger partial charge in [-0.2, -0.15) is 0 Å². The maximum Gasteiger partial charge on any atom is 0.158 e. The molecule has 1 aliphatic rings. The van der Waals surface area contributed by atoms with Gasteiger partial charge in [0.15, 0.2) is 5.82 Å². The Labute approximate surface area is 101 Å². The summed E-state index contributed by atoms with van der Waals surface area (Å²) in [4.78, 5) is 8.53. The number of hydrogen-bond acceptors (Lipinski definition) is 6. The molecule has 0 aromatic carbocycles. The van der Waals surface area contributed by atoms with E-state index in [0.29, 0.717) is 18.2 Å². The lowest BCUT2D eigenvalue weighted by molar-refractivity contribution is 0.178. The first-order valence-electron chi connectivity index (χ1n) is 5.89. The fraction of sp³-hybridized carbons (Fsp3) is 0.636. The Morgan fingerprint density at radius 3 is 2.82 bits per heavy atom.